The standard InChI is InChI=1S/C21H17BrN2O7/c1-11-4-3-5-13(6-11)24-20(28)14(19(27)23-21(24)29)7-12-8-15(22)18(16(9-12)30-2)31-10-17(25)26/h3-9H,10H2,1-2H3,(H,25,26)(H,23,27,29)/b14-7+. The highest BCUT2D eigenvalue weighted by molar-refractivity contribution is 9.10. The molecule has 10 heteroatoms. The number of rotatable bonds is 6. The van der Waals surface area contributed by atoms with Crippen molar-refractivity contribution in [1.82, 2.24) is 5.32 Å². The average Bonchev–Trinajstić information content (AvgIpc) is 2.69. The largest absolute Gasteiger partial charge is 0.493 e. The number of urea groups is 1. The number of carbonyl (C=O) groups excluding carboxylic acids is 3. The van der Waals surface area contributed by atoms with E-state index >= 15 is 0 Å². The molecule has 2 aromatic rings. The van der Waals surface area contributed by atoms with Crippen LogP contribution >= 0.6 is 15.9 Å². The number of carboxylic acid groups (broad SMARTS) is 1. The van der Waals surface area contributed by atoms with Crippen molar-refractivity contribution in [3.8, 4) is 11.5 Å². The fourth-order valence-corrected chi connectivity index (χ4v) is 3.50. The van der Waals surface area contributed by atoms with Crippen molar-refractivity contribution in [3.05, 3.63) is 57.6 Å². The Kier molecular flexibility index (Phi) is 6.40. The summed E-state index contributed by atoms with van der Waals surface area (Å²) in [6.45, 7) is 1.24. The molecule has 31 heavy (non-hydrogen) atoms. The second-order valence-corrected chi connectivity index (χ2v) is 7.37. The number of aliphatic carboxylic acids is 1. The first-order chi connectivity index (χ1) is 14.7. The van der Waals surface area contributed by atoms with Crippen LogP contribution in [-0.4, -0.2) is 42.6 Å². The Hall–Kier alpha value is -3.66. The Morgan fingerprint density at radius 2 is 1.97 bits per heavy atom. The van der Waals surface area contributed by atoms with Crippen molar-refractivity contribution in [2.45, 2.75) is 6.92 Å². The third-order valence-corrected chi connectivity index (χ3v) is 4.85. The Balaban J connectivity index is 2.00. The number of ether oxygens (including phenoxy) is 2. The first-order valence-electron chi connectivity index (χ1n) is 8.91. The van der Waals surface area contributed by atoms with Crippen molar-refractivity contribution < 1.29 is 33.8 Å². The van der Waals surface area contributed by atoms with E-state index in [0.29, 0.717) is 15.7 Å². The predicted molar refractivity (Wildman–Crippen MR) is 114 cm³/mol. The molecule has 1 fully saturated rings. The molecule has 1 aliphatic heterocycles. The zero-order valence-corrected chi connectivity index (χ0v) is 18.1. The van der Waals surface area contributed by atoms with Gasteiger partial charge in [0.1, 0.15) is 5.57 Å². The highest BCUT2D eigenvalue weighted by Gasteiger charge is 2.36. The fraction of sp³-hybridized carbons (Fsp3) is 0.143. The van der Waals surface area contributed by atoms with E-state index in [1.807, 2.05) is 13.0 Å². The van der Waals surface area contributed by atoms with Gasteiger partial charge in [-0.1, -0.05) is 12.1 Å². The average molecular weight is 489 g/mol. The molecule has 0 aliphatic carbocycles. The van der Waals surface area contributed by atoms with Gasteiger partial charge in [-0.3, -0.25) is 14.9 Å². The number of anilines is 1. The lowest BCUT2D eigenvalue weighted by Gasteiger charge is -2.26. The minimum atomic E-state index is -1.16. The summed E-state index contributed by atoms with van der Waals surface area (Å²) in [6.07, 6.45) is 1.31. The molecule has 9 nitrogen and oxygen atoms in total. The van der Waals surface area contributed by atoms with Gasteiger partial charge in [0.15, 0.2) is 18.1 Å². The number of methoxy groups -OCH3 is 1. The molecule has 0 saturated carbocycles. The molecule has 3 rings (SSSR count). The Labute approximate surface area is 185 Å². The molecular formula is C21H17BrN2O7. The van der Waals surface area contributed by atoms with Crippen molar-refractivity contribution in [2.75, 3.05) is 18.6 Å². The van der Waals surface area contributed by atoms with Crippen LogP contribution in [0.3, 0.4) is 0 Å². The molecule has 0 aromatic heterocycles. The third kappa shape index (κ3) is 4.75. The van der Waals surface area contributed by atoms with Crippen LogP contribution in [0.2, 0.25) is 0 Å². The fourth-order valence-electron chi connectivity index (χ4n) is 2.92. The number of nitrogens with one attached hydrogen (secondary N) is 1. The summed E-state index contributed by atoms with van der Waals surface area (Å²) >= 11 is 3.27. The summed E-state index contributed by atoms with van der Waals surface area (Å²) in [4.78, 5) is 49.3. The lowest BCUT2D eigenvalue weighted by Crippen LogP contribution is -2.54. The van der Waals surface area contributed by atoms with Gasteiger partial charge in [-0.15, -0.1) is 0 Å². The van der Waals surface area contributed by atoms with Crippen LogP contribution in [-0.2, 0) is 14.4 Å². The summed E-state index contributed by atoms with van der Waals surface area (Å²) in [7, 11) is 1.36. The maximum atomic E-state index is 13.0. The number of carboxylic acids is 1. The second kappa shape index (κ2) is 9.00. The van der Waals surface area contributed by atoms with Crippen molar-refractivity contribution in [2.24, 2.45) is 0 Å². The molecule has 0 spiro atoms. The number of halogens is 1. The van der Waals surface area contributed by atoms with E-state index in [4.69, 9.17) is 14.6 Å². The number of benzene rings is 2. The number of hydrogen-bond donors (Lipinski definition) is 2. The van der Waals surface area contributed by atoms with E-state index in [2.05, 4.69) is 21.2 Å². The van der Waals surface area contributed by atoms with E-state index < -0.39 is 30.4 Å². The number of hydrogen-bond acceptors (Lipinski definition) is 6. The van der Waals surface area contributed by atoms with Gasteiger partial charge < -0.3 is 14.6 Å². The van der Waals surface area contributed by atoms with Crippen molar-refractivity contribution >= 4 is 51.5 Å². The van der Waals surface area contributed by atoms with Crippen LogP contribution in [0.15, 0.2) is 46.4 Å². The number of imide groups is 2. The van der Waals surface area contributed by atoms with Crippen molar-refractivity contribution in [3.63, 3.8) is 0 Å². The van der Waals surface area contributed by atoms with Crippen LogP contribution in [0.4, 0.5) is 10.5 Å². The topological polar surface area (TPSA) is 122 Å². The summed E-state index contributed by atoms with van der Waals surface area (Å²) in [6, 6.07) is 8.92. The van der Waals surface area contributed by atoms with Crippen LogP contribution in [0.5, 0.6) is 11.5 Å². The highest BCUT2D eigenvalue weighted by Crippen LogP contribution is 2.37. The third-order valence-electron chi connectivity index (χ3n) is 4.26. The predicted octanol–water partition coefficient (Wildman–Crippen LogP) is 2.90. The Bertz CT molecular complexity index is 1130. The summed E-state index contributed by atoms with van der Waals surface area (Å²) in [5, 5.41) is 11.0. The quantitative estimate of drug-likeness (QED) is 0.473. The number of barbiturate groups is 1. The monoisotopic (exact) mass is 488 g/mol. The molecule has 0 radical (unpaired) electrons. The number of nitrogens with zero attached hydrogens (tertiary/aromatic N) is 1. The molecule has 4 amide bonds. The van der Waals surface area contributed by atoms with Crippen molar-refractivity contribution in [1.29, 1.82) is 0 Å². The molecule has 0 atom stereocenters. The van der Waals surface area contributed by atoms with Crippen LogP contribution in [0, 0.1) is 6.92 Å². The van der Waals surface area contributed by atoms with Crippen LogP contribution < -0.4 is 19.7 Å². The summed E-state index contributed by atoms with van der Waals surface area (Å²) < 4.78 is 10.8. The molecule has 0 unspecified atom stereocenters. The molecule has 0 bridgehead atoms. The smallest absolute Gasteiger partial charge is 0.341 e. The molecule has 2 N–H and O–H groups in total. The first-order valence-corrected chi connectivity index (χ1v) is 9.71. The van der Waals surface area contributed by atoms with Gasteiger partial charge in [-0.2, -0.15) is 0 Å². The summed E-state index contributed by atoms with van der Waals surface area (Å²) in [5.74, 6) is -2.42. The number of aryl methyl sites for hydroxylation is 1. The molecule has 1 heterocycles. The molecule has 2 aromatic carbocycles. The molecular weight excluding hydrogens is 472 g/mol. The maximum absolute atomic E-state index is 13.0. The maximum Gasteiger partial charge on any atom is 0.341 e. The van der Waals surface area contributed by atoms with Crippen LogP contribution in [0.25, 0.3) is 6.08 Å². The molecule has 1 aliphatic rings. The minimum Gasteiger partial charge on any atom is -0.493 e. The second-order valence-electron chi connectivity index (χ2n) is 6.51. The first kappa shape index (κ1) is 22.0. The van der Waals surface area contributed by atoms with E-state index in [1.54, 1.807) is 18.2 Å². The Morgan fingerprint density at radius 1 is 1.23 bits per heavy atom. The SMILES string of the molecule is COc1cc(/C=C2\C(=O)NC(=O)N(c3cccc(C)c3)C2=O)cc(Br)c1OCC(=O)O. The van der Waals surface area contributed by atoms with Gasteiger partial charge in [-0.05, 0) is 64.3 Å². The van der Waals surface area contributed by atoms with E-state index in [-0.39, 0.29) is 17.1 Å². The van der Waals surface area contributed by atoms with Gasteiger partial charge >= 0.3 is 12.0 Å². The van der Waals surface area contributed by atoms with Gasteiger partial charge in [0.25, 0.3) is 11.8 Å². The normalized spacial score (nSPS) is 15.1. The summed E-state index contributed by atoms with van der Waals surface area (Å²) in [5.41, 5.74) is 1.31. The zero-order chi connectivity index (χ0) is 22.7. The Morgan fingerprint density at radius 3 is 2.61 bits per heavy atom. The lowest BCUT2D eigenvalue weighted by atomic mass is 10.1. The zero-order valence-electron chi connectivity index (χ0n) is 16.5. The van der Waals surface area contributed by atoms with E-state index in [1.165, 1.54) is 25.3 Å². The van der Waals surface area contributed by atoms with E-state index in [9.17, 15) is 19.2 Å². The number of carbonyl (C=O) groups is 4. The lowest BCUT2D eigenvalue weighted by molar-refractivity contribution is -0.139. The highest BCUT2D eigenvalue weighted by atomic mass is 79.9. The minimum absolute atomic E-state index is 0.156. The van der Waals surface area contributed by atoms with Crippen LogP contribution in [0.1, 0.15) is 11.1 Å². The van der Waals surface area contributed by atoms with E-state index in [0.717, 1.165) is 10.5 Å². The van der Waals surface area contributed by atoms with Gasteiger partial charge in [0.2, 0.25) is 0 Å². The molecule has 160 valence electrons. The van der Waals surface area contributed by atoms with Gasteiger partial charge in [0, 0.05) is 0 Å². The molecule has 1 saturated heterocycles. The number of amides is 4. The van der Waals surface area contributed by atoms with Gasteiger partial charge in [0.05, 0.1) is 17.3 Å². The van der Waals surface area contributed by atoms with Gasteiger partial charge in [-0.25, -0.2) is 14.5 Å².